The molecule has 36 heavy (non-hydrogen) atoms. The van der Waals surface area contributed by atoms with Crippen LogP contribution in [-0.2, 0) is 13.5 Å². The summed E-state index contributed by atoms with van der Waals surface area (Å²) in [6.45, 7) is 17.3. The summed E-state index contributed by atoms with van der Waals surface area (Å²) >= 11 is 0. The van der Waals surface area contributed by atoms with E-state index in [2.05, 4.69) is 63.2 Å². The van der Waals surface area contributed by atoms with Crippen molar-refractivity contribution in [2.45, 2.75) is 66.5 Å². The molecule has 1 aliphatic rings. The molecule has 0 saturated carbocycles. The van der Waals surface area contributed by atoms with Crippen LogP contribution in [0, 0.1) is 19.7 Å². The summed E-state index contributed by atoms with van der Waals surface area (Å²) in [6, 6.07) is 4.07. The standard InChI is InChI=1S/C26H38FN9/c1-9-19-13-21(29-18(4)23(19)27)31-25-28-14-20(24(32-25)30-22-12-16(2)34(8)33-22)35-10-11-36(17(3)15-35)26(5,6)7/h12-14,17H,9-11,15H2,1-8H3,(H2,28,29,30,31,32,33). The molecule has 1 atom stereocenters. The van der Waals surface area contributed by atoms with Crippen molar-refractivity contribution in [1.29, 1.82) is 0 Å². The molecule has 0 aliphatic carbocycles. The zero-order valence-corrected chi connectivity index (χ0v) is 22.6. The number of anilines is 5. The summed E-state index contributed by atoms with van der Waals surface area (Å²) in [6.07, 6.45) is 2.41. The van der Waals surface area contributed by atoms with Gasteiger partial charge in [0.15, 0.2) is 11.6 Å². The number of aryl methyl sites for hydroxylation is 4. The first kappa shape index (κ1) is 25.8. The summed E-state index contributed by atoms with van der Waals surface area (Å²) in [5.74, 6) is 2.01. The van der Waals surface area contributed by atoms with E-state index < -0.39 is 0 Å². The Morgan fingerprint density at radius 2 is 1.83 bits per heavy atom. The lowest BCUT2D eigenvalue weighted by Gasteiger charge is -2.47. The van der Waals surface area contributed by atoms with Crippen LogP contribution in [0.3, 0.4) is 0 Å². The number of hydrogen-bond acceptors (Lipinski definition) is 8. The summed E-state index contributed by atoms with van der Waals surface area (Å²) in [4.78, 5) is 18.6. The van der Waals surface area contributed by atoms with E-state index in [0.717, 1.165) is 31.0 Å². The lowest BCUT2D eigenvalue weighted by molar-refractivity contribution is 0.0799. The fourth-order valence-electron chi connectivity index (χ4n) is 4.83. The van der Waals surface area contributed by atoms with Crippen LogP contribution >= 0.6 is 0 Å². The maximum Gasteiger partial charge on any atom is 0.230 e. The average molecular weight is 496 g/mol. The first-order valence-electron chi connectivity index (χ1n) is 12.6. The number of hydrogen-bond donors (Lipinski definition) is 2. The number of halogens is 1. The van der Waals surface area contributed by atoms with Gasteiger partial charge in [-0.05, 0) is 59.6 Å². The molecule has 0 spiro atoms. The average Bonchev–Trinajstić information content (AvgIpc) is 3.11. The summed E-state index contributed by atoms with van der Waals surface area (Å²) in [7, 11) is 1.91. The van der Waals surface area contributed by atoms with Gasteiger partial charge in [-0.1, -0.05) is 6.92 Å². The van der Waals surface area contributed by atoms with Crippen LogP contribution in [0.5, 0.6) is 0 Å². The zero-order valence-electron chi connectivity index (χ0n) is 22.6. The number of rotatable bonds is 6. The molecule has 0 aromatic carbocycles. The van der Waals surface area contributed by atoms with E-state index in [1.54, 1.807) is 13.0 Å². The van der Waals surface area contributed by atoms with Crippen molar-refractivity contribution < 1.29 is 4.39 Å². The normalized spacial score (nSPS) is 16.9. The lowest BCUT2D eigenvalue weighted by Crippen LogP contribution is -2.58. The second-order valence-electron chi connectivity index (χ2n) is 10.6. The van der Waals surface area contributed by atoms with Crippen molar-refractivity contribution in [1.82, 2.24) is 29.6 Å². The highest BCUT2D eigenvalue weighted by Crippen LogP contribution is 2.31. The van der Waals surface area contributed by atoms with E-state index in [4.69, 9.17) is 4.98 Å². The second-order valence-corrected chi connectivity index (χ2v) is 10.6. The Bertz CT molecular complexity index is 1210. The zero-order chi connectivity index (χ0) is 26.2. The van der Waals surface area contributed by atoms with Crippen LogP contribution < -0.4 is 15.5 Å². The molecule has 1 unspecified atom stereocenters. The number of nitrogens with one attached hydrogen (secondary N) is 2. The Labute approximate surface area is 213 Å². The minimum absolute atomic E-state index is 0.111. The van der Waals surface area contributed by atoms with Gasteiger partial charge < -0.3 is 15.5 Å². The van der Waals surface area contributed by atoms with E-state index in [-0.39, 0.29) is 11.4 Å². The molecule has 3 aromatic heterocycles. The Hall–Kier alpha value is -3.27. The number of pyridine rings is 1. The van der Waals surface area contributed by atoms with Gasteiger partial charge >= 0.3 is 0 Å². The van der Waals surface area contributed by atoms with Crippen LogP contribution in [-0.4, -0.2) is 60.8 Å². The lowest BCUT2D eigenvalue weighted by atomic mass is 10.0. The number of aromatic nitrogens is 5. The fourth-order valence-corrected chi connectivity index (χ4v) is 4.83. The van der Waals surface area contributed by atoms with Gasteiger partial charge in [0, 0.05) is 50.0 Å². The first-order chi connectivity index (χ1) is 17.0. The van der Waals surface area contributed by atoms with Crippen molar-refractivity contribution in [3.05, 3.63) is 41.1 Å². The summed E-state index contributed by atoms with van der Waals surface area (Å²) < 4.78 is 16.1. The predicted octanol–water partition coefficient (Wildman–Crippen LogP) is 4.72. The van der Waals surface area contributed by atoms with Gasteiger partial charge in [-0.25, -0.2) is 14.4 Å². The van der Waals surface area contributed by atoms with Crippen LogP contribution in [0.25, 0.3) is 0 Å². The van der Waals surface area contributed by atoms with Crippen molar-refractivity contribution in [3.63, 3.8) is 0 Å². The minimum atomic E-state index is -0.268. The molecular weight excluding hydrogens is 457 g/mol. The molecule has 4 rings (SSSR count). The second kappa shape index (κ2) is 10.0. The maximum atomic E-state index is 14.3. The molecule has 0 bridgehead atoms. The van der Waals surface area contributed by atoms with Crippen LogP contribution in [0.4, 0.5) is 33.5 Å². The monoisotopic (exact) mass is 495 g/mol. The van der Waals surface area contributed by atoms with E-state index in [1.807, 2.05) is 37.8 Å². The van der Waals surface area contributed by atoms with E-state index in [1.165, 1.54) is 0 Å². The Balaban J connectivity index is 1.66. The third kappa shape index (κ3) is 5.43. The fraction of sp³-hybridized carbons (Fsp3) is 0.538. The highest BCUT2D eigenvalue weighted by Gasteiger charge is 2.32. The van der Waals surface area contributed by atoms with Crippen molar-refractivity contribution in [2.75, 3.05) is 35.2 Å². The quantitative estimate of drug-likeness (QED) is 0.508. The molecule has 0 radical (unpaired) electrons. The van der Waals surface area contributed by atoms with Gasteiger partial charge in [0.1, 0.15) is 11.6 Å². The van der Waals surface area contributed by atoms with E-state index in [0.29, 0.717) is 47.1 Å². The summed E-state index contributed by atoms with van der Waals surface area (Å²) in [5.41, 5.74) is 3.02. The predicted molar refractivity (Wildman–Crippen MR) is 143 cm³/mol. The largest absolute Gasteiger partial charge is 0.364 e. The topological polar surface area (TPSA) is 87.0 Å². The smallest absolute Gasteiger partial charge is 0.230 e. The third-order valence-corrected chi connectivity index (χ3v) is 6.78. The molecule has 1 saturated heterocycles. The van der Waals surface area contributed by atoms with Gasteiger partial charge in [-0.15, -0.1) is 0 Å². The van der Waals surface area contributed by atoms with Gasteiger partial charge in [-0.2, -0.15) is 10.1 Å². The molecule has 1 aliphatic heterocycles. The van der Waals surface area contributed by atoms with Gasteiger partial charge in [0.2, 0.25) is 5.95 Å². The molecule has 9 nitrogen and oxygen atoms in total. The molecule has 4 heterocycles. The highest BCUT2D eigenvalue weighted by atomic mass is 19.1. The molecule has 2 N–H and O–H groups in total. The van der Waals surface area contributed by atoms with Crippen molar-refractivity contribution >= 4 is 29.1 Å². The van der Waals surface area contributed by atoms with Crippen LogP contribution in [0.1, 0.15) is 51.6 Å². The third-order valence-electron chi connectivity index (χ3n) is 6.78. The molecular formula is C26H38FN9. The summed E-state index contributed by atoms with van der Waals surface area (Å²) in [5, 5.41) is 11.1. The van der Waals surface area contributed by atoms with E-state index in [9.17, 15) is 4.39 Å². The number of piperazine rings is 1. The molecule has 194 valence electrons. The molecule has 0 amide bonds. The van der Waals surface area contributed by atoms with Crippen molar-refractivity contribution in [3.8, 4) is 0 Å². The molecule has 3 aromatic rings. The Kier molecular flexibility index (Phi) is 7.17. The Morgan fingerprint density at radius 1 is 1.08 bits per heavy atom. The van der Waals surface area contributed by atoms with Gasteiger partial charge in [0.05, 0.1) is 17.6 Å². The Morgan fingerprint density at radius 3 is 2.44 bits per heavy atom. The van der Waals surface area contributed by atoms with E-state index >= 15 is 0 Å². The number of nitrogens with zero attached hydrogens (tertiary/aromatic N) is 7. The molecule has 1 fully saturated rings. The first-order valence-corrected chi connectivity index (χ1v) is 12.6. The SMILES string of the molecule is CCc1cc(Nc2ncc(N3CCN(C(C)(C)C)C(C)C3)c(Nc3cc(C)n(C)n3)n2)nc(C)c1F. The van der Waals surface area contributed by atoms with Gasteiger partial charge in [-0.3, -0.25) is 9.58 Å². The minimum Gasteiger partial charge on any atom is -0.364 e. The highest BCUT2D eigenvalue weighted by molar-refractivity contribution is 5.72. The van der Waals surface area contributed by atoms with Crippen LogP contribution in [0.2, 0.25) is 0 Å². The van der Waals surface area contributed by atoms with Gasteiger partial charge in [0.25, 0.3) is 0 Å². The van der Waals surface area contributed by atoms with Crippen molar-refractivity contribution in [2.24, 2.45) is 7.05 Å². The molecule has 10 heteroatoms. The maximum absolute atomic E-state index is 14.3. The van der Waals surface area contributed by atoms with Crippen LogP contribution in [0.15, 0.2) is 18.3 Å².